The summed E-state index contributed by atoms with van der Waals surface area (Å²) in [7, 11) is 2.56. The first-order chi connectivity index (χ1) is 14.0. The summed E-state index contributed by atoms with van der Waals surface area (Å²) < 4.78 is 9.49. The van der Waals surface area contributed by atoms with Crippen LogP contribution in [-0.4, -0.2) is 50.7 Å². The van der Waals surface area contributed by atoms with Crippen LogP contribution in [0.25, 0.3) is 0 Å². The Bertz CT molecular complexity index is 795. The van der Waals surface area contributed by atoms with Gasteiger partial charge >= 0.3 is 11.9 Å². The van der Waals surface area contributed by atoms with E-state index in [9.17, 15) is 14.4 Å². The predicted molar refractivity (Wildman–Crippen MR) is 108 cm³/mol. The predicted octanol–water partition coefficient (Wildman–Crippen LogP) is 1.26. The van der Waals surface area contributed by atoms with Gasteiger partial charge in [0.2, 0.25) is 5.91 Å². The fraction of sp³-hybridized carbons (Fsp3) is 0.318. The first kappa shape index (κ1) is 22.1. The van der Waals surface area contributed by atoms with Crippen LogP contribution in [0, 0.1) is 0 Å². The molecule has 0 aromatic heterocycles. The van der Waals surface area contributed by atoms with E-state index in [0.29, 0.717) is 12.8 Å². The van der Waals surface area contributed by atoms with Crippen molar-refractivity contribution in [3.05, 3.63) is 71.8 Å². The number of nitrogens with one attached hydrogen (secondary N) is 2. The van der Waals surface area contributed by atoms with E-state index in [2.05, 4.69) is 15.4 Å². The van der Waals surface area contributed by atoms with E-state index in [0.717, 1.165) is 11.1 Å². The minimum absolute atomic E-state index is 0.246. The third-order valence-electron chi connectivity index (χ3n) is 4.40. The topological polar surface area (TPSA) is 93.7 Å². The van der Waals surface area contributed by atoms with E-state index < -0.39 is 29.9 Å². The van der Waals surface area contributed by atoms with Crippen LogP contribution in [-0.2, 0) is 36.7 Å². The number of hydrogen-bond acceptors (Lipinski definition) is 6. The Morgan fingerprint density at radius 1 is 0.793 bits per heavy atom. The second-order valence-corrected chi connectivity index (χ2v) is 6.47. The Kier molecular flexibility index (Phi) is 8.85. The monoisotopic (exact) mass is 398 g/mol. The second kappa shape index (κ2) is 11.6. The standard InChI is InChI=1S/C22H26N2O5/c1-28-20(25)15-23-21(26)18(13-16-9-5-3-6-10-16)24-19(22(27)29-2)14-17-11-7-4-8-12-17/h3-12,18-19,24H,13-15H2,1-2H3,(H,23,26). The van der Waals surface area contributed by atoms with Crippen molar-refractivity contribution in [2.75, 3.05) is 20.8 Å². The zero-order valence-electron chi connectivity index (χ0n) is 16.6. The SMILES string of the molecule is COC(=O)CNC(=O)C(Cc1ccccc1)NC(Cc1ccccc1)C(=O)OC. The molecule has 2 rings (SSSR count). The molecule has 7 heteroatoms. The van der Waals surface area contributed by atoms with Gasteiger partial charge in [-0.05, 0) is 24.0 Å². The van der Waals surface area contributed by atoms with E-state index in [1.807, 2.05) is 60.7 Å². The van der Waals surface area contributed by atoms with Crippen LogP contribution >= 0.6 is 0 Å². The molecule has 2 N–H and O–H groups in total. The van der Waals surface area contributed by atoms with E-state index in [-0.39, 0.29) is 6.54 Å². The van der Waals surface area contributed by atoms with Gasteiger partial charge in [0.05, 0.1) is 20.3 Å². The summed E-state index contributed by atoms with van der Waals surface area (Å²) in [5.41, 5.74) is 1.85. The second-order valence-electron chi connectivity index (χ2n) is 6.47. The van der Waals surface area contributed by atoms with Crippen molar-refractivity contribution in [1.29, 1.82) is 0 Å². The molecular formula is C22H26N2O5. The van der Waals surface area contributed by atoms with E-state index in [1.165, 1.54) is 14.2 Å². The minimum atomic E-state index is -0.741. The molecule has 0 saturated heterocycles. The number of amides is 1. The summed E-state index contributed by atoms with van der Waals surface area (Å²) in [6, 6.07) is 17.4. The maximum atomic E-state index is 12.7. The largest absolute Gasteiger partial charge is 0.468 e. The highest BCUT2D eigenvalue weighted by Gasteiger charge is 2.27. The Labute approximate surface area is 170 Å². The molecule has 0 saturated carbocycles. The van der Waals surface area contributed by atoms with Crippen molar-refractivity contribution in [2.24, 2.45) is 0 Å². The molecule has 154 valence electrons. The Morgan fingerprint density at radius 3 is 1.79 bits per heavy atom. The summed E-state index contributed by atoms with van der Waals surface area (Å²) in [5.74, 6) is -1.42. The number of carbonyl (C=O) groups is 3. The number of benzene rings is 2. The van der Waals surface area contributed by atoms with Crippen LogP contribution in [0.4, 0.5) is 0 Å². The fourth-order valence-electron chi connectivity index (χ4n) is 2.88. The maximum absolute atomic E-state index is 12.7. The van der Waals surface area contributed by atoms with Crippen LogP contribution < -0.4 is 10.6 Å². The Morgan fingerprint density at radius 2 is 1.31 bits per heavy atom. The highest BCUT2D eigenvalue weighted by Crippen LogP contribution is 2.09. The van der Waals surface area contributed by atoms with Crippen molar-refractivity contribution in [3.8, 4) is 0 Å². The lowest BCUT2D eigenvalue weighted by atomic mass is 10.0. The summed E-state index contributed by atoms with van der Waals surface area (Å²) in [4.78, 5) is 36.5. The lowest BCUT2D eigenvalue weighted by Gasteiger charge is -2.24. The minimum Gasteiger partial charge on any atom is -0.468 e. The van der Waals surface area contributed by atoms with Gasteiger partial charge in [-0.2, -0.15) is 0 Å². The first-order valence-electron chi connectivity index (χ1n) is 9.29. The van der Waals surface area contributed by atoms with Gasteiger partial charge < -0.3 is 14.8 Å². The highest BCUT2D eigenvalue weighted by molar-refractivity contribution is 5.86. The number of rotatable bonds is 10. The number of hydrogen-bond donors (Lipinski definition) is 2. The van der Waals surface area contributed by atoms with Crippen molar-refractivity contribution < 1.29 is 23.9 Å². The molecule has 7 nitrogen and oxygen atoms in total. The molecule has 0 fully saturated rings. The van der Waals surface area contributed by atoms with Crippen LogP contribution in [0.5, 0.6) is 0 Å². The summed E-state index contributed by atoms with van der Waals surface area (Å²) in [6.07, 6.45) is 0.708. The van der Waals surface area contributed by atoms with Crippen LogP contribution in [0.1, 0.15) is 11.1 Å². The molecule has 29 heavy (non-hydrogen) atoms. The van der Waals surface area contributed by atoms with Crippen molar-refractivity contribution in [2.45, 2.75) is 24.9 Å². The van der Waals surface area contributed by atoms with E-state index in [1.54, 1.807) is 0 Å². The van der Waals surface area contributed by atoms with Crippen LogP contribution in [0.2, 0.25) is 0 Å². The fourth-order valence-corrected chi connectivity index (χ4v) is 2.88. The molecule has 2 aromatic carbocycles. The van der Waals surface area contributed by atoms with Gasteiger partial charge in [0.1, 0.15) is 12.6 Å². The molecule has 1 amide bonds. The summed E-state index contributed by atoms with van der Waals surface area (Å²) >= 11 is 0. The maximum Gasteiger partial charge on any atom is 0.325 e. The molecule has 0 heterocycles. The van der Waals surface area contributed by atoms with Gasteiger partial charge in [-0.25, -0.2) is 0 Å². The molecule has 2 atom stereocenters. The number of esters is 2. The zero-order chi connectivity index (χ0) is 21.1. The zero-order valence-corrected chi connectivity index (χ0v) is 16.6. The molecule has 0 aliphatic heterocycles. The molecule has 0 radical (unpaired) electrons. The molecule has 0 bridgehead atoms. The van der Waals surface area contributed by atoms with Gasteiger partial charge in [0.25, 0.3) is 0 Å². The Balaban J connectivity index is 2.18. The lowest BCUT2D eigenvalue weighted by Crippen LogP contribution is -2.53. The van der Waals surface area contributed by atoms with Gasteiger partial charge in [-0.3, -0.25) is 19.7 Å². The van der Waals surface area contributed by atoms with Gasteiger partial charge in [0.15, 0.2) is 0 Å². The van der Waals surface area contributed by atoms with Crippen molar-refractivity contribution in [1.82, 2.24) is 10.6 Å². The third-order valence-corrected chi connectivity index (χ3v) is 4.40. The number of carbonyl (C=O) groups excluding carboxylic acids is 3. The van der Waals surface area contributed by atoms with Crippen LogP contribution in [0.3, 0.4) is 0 Å². The summed E-state index contributed by atoms with van der Waals surface area (Å²) in [5, 5.41) is 5.66. The lowest BCUT2D eigenvalue weighted by molar-refractivity contribution is -0.144. The van der Waals surface area contributed by atoms with E-state index in [4.69, 9.17) is 4.74 Å². The number of ether oxygens (including phenoxy) is 2. The molecule has 2 unspecified atom stereocenters. The Hall–Kier alpha value is -3.19. The molecule has 0 aliphatic carbocycles. The van der Waals surface area contributed by atoms with Gasteiger partial charge in [-0.1, -0.05) is 60.7 Å². The molecule has 2 aromatic rings. The number of methoxy groups -OCH3 is 2. The molecule has 0 aliphatic rings. The third kappa shape index (κ3) is 7.38. The van der Waals surface area contributed by atoms with Crippen LogP contribution in [0.15, 0.2) is 60.7 Å². The van der Waals surface area contributed by atoms with Crippen molar-refractivity contribution >= 4 is 17.8 Å². The first-order valence-corrected chi connectivity index (χ1v) is 9.29. The van der Waals surface area contributed by atoms with Crippen molar-refractivity contribution in [3.63, 3.8) is 0 Å². The average molecular weight is 398 g/mol. The quantitative estimate of drug-likeness (QED) is 0.586. The molecule has 0 spiro atoms. The van der Waals surface area contributed by atoms with Gasteiger partial charge in [-0.15, -0.1) is 0 Å². The highest BCUT2D eigenvalue weighted by atomic mass is 16.5. The smallest absolute Gasteiger partial charge is 0.325 e. The van der Waals surface area contributed by atoms with Gasteiger partial charge in [0, 0.05) is 0 Å². The van der Waals surface area contributed by atoms with E-state index >= 15 is 0 Å². The summed E-state index contributed by atoms with van der Waals surface area (Å²) in [6.45, 7) is -0.246. The normalized spacial score (nSPS) is 12.5. The average Bonchev–Trinajstić information content (AvgIpc) is 2.76. The molecular weight excluding hydrogens is 372 g/mol.